The number of hydrogen-bond donors (Lipinski definition) is 5. The highest BCUT2D eigenvalue weighted by atomic mass is 16.3. The second-order valence-electron chi connectivity index (χ2n) is 13.0. The Morgan fingerprint density at radius 2 is 1.19 bits per heavy atom. The Labute approximate surface area is 308 Å². The summed E-state index contributed by atoms with van der Waals surface area (Å²) in [5, 5.41) is 43.1. The molecule has 270 valence electrons. The fourth-order valence-corrected chi connectivity index (χ4v) is 6.89. The van der Waals surface area contributed by atoms with Crippen LogP contribution in [0.15, 0.2) is 140 Å². The van der Waals surface area contributed by atoms with Crippen molar-refractivity contribution < 1.29 is 30.0 Å². The van der Waals surface area contributed by atoms with Gasteiger partial charge >= 0.3 is 0 Å². The van der Waals surface area contributed by atoms with Crippen LogP contribution in [-0.2, 0) is 41.4 Å². The van der Waals surface area contributed by atoms with Gasteiger partial charge in [-0.1, -0.05) is 103 Å². The number of rotatable bonds is 14. The fraction of sp³-hybridized carbons (Fsp3) is 0.186. The zero-order valence-electron chi connectivity index (χ0n) is 29.3. The first-order valence-electron chi connectivity index (χ1n) is 17.4. The molecule has 2 amide bonds. The van der Waals surface area contributed by atoms with E-state index in [-0.39, 0.29) is 54.7 Å². The fourth-order valence-electron chi connectivity index (χ4n) is 6.89. The van der Waals surface area contributed by atoms with Gasteiger partial charge < -0.3 is 35.2 Å². The van der Waals surface area contributed by atoms with Crippen molar-refractivity contribution in [1.29, 1.82) is 0 Å². The lowest BCUT2D eigenvalue weighted by Gasteiger charge is -2.48. The highest BCUT2D eigenvalue weighted by molar-refractivity contribution is 5.90. The molecular formula is C43H42N4O6. The van der Waals surface area contributed by atoms with Crippen molar-refractivity contribution in [2.45, 2.75) is 37.3 Å². The van der Waals surface area contributed by atoms with Crippen LogP contribution in [0.1, 0.15) is 39.9 Å². The molecule has 1 aromatic heterocycles. The van der Waals surface area contributed by atoms with Crippen molar-refractivity contribution in [3.8, 4) is 23.0 Å². The van der Waals surface area contributed by atoms with Gasteiger partial charge in [-0.2, -0.15) is 0 Å². The van der Waals surface area contributed by atoms with Crippen molar-refractivity contribution in [3.63, 3.8) is 0 Å². The molecule has 0 radical (unpaired) electrons. The Morgan fingerprint density at radius 3 is 1.64 bits per heavy atom. The number of nitrogens with zero attached hydrogens (tertiary/aromatic N) is 3. The van der Waals surface area contributed by atoms with E-state index in [9.17, 15) is 25.2 Å². The summed E-state index contributed by atoms with van der Waals surface area (Å²) < 4.78 is 1.80. The van der Waals surface area contributed by atoms with Gasteiger partial charge in [0.1, 0.15) is 11.6 Å². The number of aromatic nitrogens is 2. The largest absolute Gasteiger partial charge is 0.504 e. The maximum atomic E-state index is 15.3. The summed E-state index contributed by atoms with van der Waals surface area (Å²) in [5.74, 6) is -1.75. The average molecular weight is 711 g/mol. The number of phenolic OH excluding ortho intramolecular Hbond substituents is 4. The zero-order chi connectivity index (χ0) is 37.4. The van der Waals surface area contributed by atoms with Gasteiger partial charge in [-0.3, -0.25) is 9.59 Å². The quantitative estimate of drug-likeness (QED) is 0.0692. The van der Waals surface area contributed by atoms with E-state index >= 15 is 4.79 Å². The summed E-state index contributed by atoms with van der Waals surface area (Å²) >= 11 is 0. The molecule has 1 heterocycles. The van der Waals surface area contributed by atoms with E-state index in [1.54, 1.807) is 27.9 Å². The predicted molar refractivity (Wildman–Crippen MR) is 201 cm³/mol. The molecule has 5 aromatic carbocycles. The number of nitrogens with one attached hydrogen (secondary N) is 1. The van der Waals surface area contributed by atoms with Gasteiger partial charge in [-0.15, -0.1) is 0 Å². The first kappa shape index (κ1) is 36.2. The van der Waals surface area contributed by atoms with E-state index in [1.165, 1.54) is 24.3 Å². The van der Waals surface area contributed by atoms with E-state index in [0.29, 0.717) is 23.2 Å². The Bertz CT molecular complexity index is 2060. The van der Waals surface area contributed by atoms with Gasteiger partial charge in [0.25, 0.3) is 0 Å². The van der Waals surface area contributed by atoms with Crippen molar-refractivity contribution in [3.05, 3.63) is 173 Å². The molecule has 10 nitrogen and oxygen atoms in total. The summed E-state index contributed by atoms with van der Waals surface area (Å²) in [5.41, 5.74) is 2.96. The maximum absolute atomic E-state index is 15.3. The molecule has 0 saturated carbocycles. The van der Waals surface area contributed by atoms with Crippen LogP contribution in [0.4, 0.5) is 0 Å². The van der Waals surface area contributed by atoms with Crippen LogP contribution < -0.4 is 5.32 Å². The molecule has 53 heavy (non-hydrogen) atoms. The molecular weight excluding hydrogens is 668 g/mol. The molecule has 0 aliphatic heterocycles. The van der Waals surface area contributed by atoms with Crippen LogP contribution in [0.2, 0.25) is 0 Å². The first-order valence-corrected chi connectivity index (χ1v) is 17.4. The molecule has 0 saturated heterocycles. The van der Waals surface area contributed by atoms with Crippen LogP contribution >= 0.6 is 0 Å². The molecule has 1 atom stereocenters. The predicted octanol–water partition coefficient (Wildman–Crippen LogP) is 5.97. The normalized spacial score (nSPS) is 11.9. The number of aromatic hydroxyl groups is 4. The number of phenols is 4. The third kappa shape index (κ3) is 8.02. The lowest BCUT2D eigenvalue weighted by molar-refractivity contribution is -0.145. The Hall–Kier alpha value is -6.55. The number of hydrogen-bond acceptors (Lipinski definition) is 7. The molecule has 0 aliphatic carbocycles. The first-order chi connectivity index (χ1) is 25.7. The molecule has 10 heteroatoms. The number of carbonyl (C=O) groups is 2. The summed E-state index contributed by atoms with van der Waals surface area (Å²) in [6, 6.07) is 36.9. The number of aryl methyl sites for hydroxylation is 2. The minimum absolute atomic E-state index is 0.0305. The van der Waals surface area contributed by atoms with Gasteiger partial charge in [-0.25, -0.2) is 4.98 Å². The minimum atomic E-state index is -1.31. The number of benzene rings is 5. The second kappa shape index (κ2) is 16.2. The van der Waals surface area contributed by atoms with Gasteiger partial charge in [0.05, 0.1) is 12.0 Å². The van der Waals surface area contributed by atoms with E-state index in [2.05, 4.69) is 10.3 Å². The molecule has 6 aromatic rings. The maximum Gasteiger partial charge on any atom is 0.243 e. The monoisotopic (exact) mass is 710 g/mol. The van der Waals surface area contributed by atoms with E-state index in [4.69, 9.17) is 0 Å². The number of carbonyl (C=O) groups excluding carboxylic acids is 2. The van der Waals surface area contributed by atoms with E-state index < -0.39 is 17.5 Å². The molecule has 0 fully saturated rings. The van der Waals surface area contributed by atoms with Crippen molar-refractivity contribution in [1.82, 2.24) is 19.8 Å². The van der Waals surface area contributed by atoms with Crippen molar-refractivity contribution >= 4 is 11.8 Å². The van der Waals surface area contributed by atoms with Crippen molar-refractivity contribution in [2.24, 2.45) is 7.05 Å². The molecule has 5 N–H and O–H groups in total. The zero-order valence-corrected chi connectivity index (χ0v) is 29.3. The molecule has 0 aliphatic rings. The van der Waals surface area contributed by atoms with Crippen LogP contribution in [0, 0.1) is 0 Å². The smallest absolute Gasteiger partial charge is 0.243 e. The summed E-state index contributed by atoms with van der Waals surface area (Å²) in [4.78, 5) is 36.4. The van der Waals surface area contributed by atoms with Gasteiger partial charge in [0.2, 0.25) is 11.8 Å². The van der Waals surface area contributed by atoms with Gasteiger partial charge in [0, 0.05) is 32.6 Å². The summed E-state index contributed by atoms with van der Waals surface area (Å²) in [6.45, 7) is 0.186. The standard InChI is InChI=1S/C43H42N4O6/c1-46-28-35(45-29-46)27-36(42(53)44-24-23-31-18-21-38(49)40(51)26-31)47(41(52)22-19-30-17-20-37(48)39(50)25-30)43(32-11-5-2-6-12-32,33-13-7-3-8-14-33)34-15-9-4-10-16-34/h2-18,20-21,25-26,28-29,36,48-51H,19,22-24,27H2,1H3,(H,44,53)/t36-/m0/s1. The van der Waals surface area contributed by atoms with E-state index in [1.807, 2.05) is 104 Å². The molecule has 6 rings (SSSR count). The minimum Gasteiger partial charge on any atom is -0.504 e. The number of imidazole rings is 1. The lowest BCUT2D eigenvalue weighted by Crippen LogP contribution is -2.61. The van der Waals surface area contributed by atoms with Gasteiger partial charge in [0.15, 0.2) is 23.0 Å². The molecule has 0 unspecified atom stereocenters. The molecule has 0 bridgehead atoms. The highest BCUT2D eigenvalue weighted by Gasteiger charge is 2.49. The SMILES string of the molecule is Cn1cnc(C[C@@H](C(=O)NCCc2ccc(O)c(O)c2)N(C(=O)CCc2ccc(O)c(O)c2)C(c2ccccc2)(c2ccccc2)c2ccccc2)c1. The van der Waals surface area contributed by atoms with Crippen LogP contribution in [0.25, 0.3) is 0 Å². The van der Waals surface area contributed by atoms with Crippen LogP contribution in [0.3, 0.4) is 0 Å². The van der Waals surface area contributed by atoms with Crippen LogP contribution in [0.5, 0.6) is 23.0 Å². The van der Waals surface area contributed by atoms with Crippen molar-refractivity contribution in [2.75, 3.05) is 6.54 Å². The average Bonchev–Trinajstić information content (AvgIpc) is 3.60. The molecule has 0 spiro atoms. The van der Waals surface area contributed by atoms with Crippen LogP contribution in [-0.4, -0.2) is 59.3 Å². The third-order valence-corrected chi connectivity index (χ3v) is 9.40. The highest BCUT2D eigenvalue weighted by Crippen LogP contribution is 2.44. The van der Waals surface area contributed by atoms with Gasteiger partial charge in [-0.05, 0) is 64.9 Å². The second-order valence-corrected chi connectivity index (χ2v) is 13.0. The topological polar surface area (TPSA) is 148 Å². The summed E-state index contributed by atoms with van der Waals surface area (Å²) in [7, 11) is 1.84. The number of amides is 2. The Balaban J connectivity index is 1.52. The van der Waals surface area contributed by atoms with E-state index in [0.717, 1.165) is 16.7 Å². The Morgan fingerprint density at radius 1 is 0.698 bits per heavy atom. The lowest BCUT2D eigenvalue weighted by atomic mass is 9.74. The third-order valence-electron chi connectivity index (χ3n) is 9.40. The summed E-state index contributed by atoms with van der Waals surface area (Å²) in [6.07, 6.45) is 4.12. The Kier molecular flexibility index (Phi) is 11.1.